The highest BCUT2D eigenvalue weighted by Gasteiger charge is 2.27. The summed E-state index contributed by atoms with van der Waals surface area (Å²) >= 11 is 0. The molecular weight excluding hydrogens is 257 g/mol. The molecule has 0 unspecified atom stereocenters. The van der Waals surface area contributed by atoms with E-state index < -0.39 is 31.3 Å². The zero-order valence-electron chi connectivity index (χ0n) is 8.86. The maximum atomic E-state index is 11.8. The van der Waals surface area contributed by atoms with Crippen LogP contribution in [-0.4, -0.2) is 39.6 Å². The van der Waals surface area contributed by atoms with E-state index in [9.17, 15) is 22.8 Å². The molecule has 1 rings (SSSR count). The zero-order valence-corrected chi connectivity index (χ0v) is 8.86. The first kappa shape index (κ1) is 13.8. The van der Waals surface area contributed by atoms with Gasteiger partial charge in [0.15, 0.2) is 0 Å². The van der Waals surface area contributed by atoms with Crippen LogP contribution in [0.15, 0.2) is 12.4 Å². The molecule has 0 atom stereocenters. The fourth-order valence-corrected chi connectivity index (χ4v) is 1.01. The van der Waals surface area contributed by atoms with Crippen LogP contribution in [-0.2, 0) is 11.3 Å². The first-order valence-electron chi connectivity index (χ1n) is 4.62. The lowest BCUT2D eigenvalue weighted by molar-refractivity contribution is -0.137. The Balaban J connectivity index is 2.45. The molecule has 1 heterocycles. The van der Waals surface area contributed by atoms with E-state index >= 15 is 0 Å². The van der Waals surface area contributed by atoms with Crippen LogP contribution in [0.25, 0.3) is 0 Å². The molecule has 0 aliphatic carbocycles. The van der Waals surface area contributed by atoms with Gasteiger partial charge in [-0.15, -0.1) is 0 Å². The van der Waals surface area contributed by atoms with Crippen molar-refractivity contribution in [2.24, 2.45) is 0 Å². The Hall–Kier alpha value is -2.26. The highest BCUT2D eigenvalue weighted by molar-refractivity contribution is 5.88. The summed E-state index contributed by atoms with van der Waals surface area (Å²) in [5.74, 6) is -1.13. The Morgan fingerprint density at radius 2 is 2.11 bits per heavy atom. The number of carbonyl (C=O) groups excluding carboxylic acids is 1. The average Bonchev–Trinajstić information content (AvgIpc) is 2.60. The number of aliphatic carboxylic acids is 1. The summed E-state index contributed by atoms with van der Waals surface area (Å²) < 4.78 is 36.3. The van der Waals surface area contributed by atoms with Crippen LogP contribution < -0.4 is 10.6 Å². The van der Waals surface area contributed by atoms with Gasteiger partial charge in [-0.25, -0.2) is 4.79 Å². The highest BCUT2D eigenvalue weighted by Crippen LogP contribution is 2.12. The molecule has 0 aliphatic heterocycles. The number of nitrogens with zero attached hydrogens (tertiary/aromatic N) is 2. The zero-order chi connectivity index (χ0) is 13.8. The van der Waals surface area contributed by atoms with E-state index in [1.807, 2.05) is 0 Å². The lowest BCUT2D eigenvalue weighted by atomic mass is 10.5. The Morgan fingerprint density at radius 3 is 2.67 bits per heavy atom. The number of rotatable bonds is 4. The Morgan fingerprint density at radius 1 is 1.44 bits per heavy atom. The van der Waals surface area contributed by atoms with E-state index in [4.69, 9.17) is 5.11 Å². The molecule has 0 aliphatic rings. The van der Waals surface area contributed by atoms with E-state index in [2.05, 4.69) is 10.4 Å². The fourth-order valence-electron chi connectivity index (χ4n) is 1.01. The van der Waals surface area contributed by atoms with Gasteiger partial charge in [0.1, 0.15) is 13.1 Å². The van der Waals surface area contributed by atoms with E-state index in [1.165, 1.54) is 6.20 Å². The molecule has 3 N–H and O–H groups in total. The van der Waals surface area contributed by atoms with Crippen LogP contribution in [0, 0.1) is 0 Å². The van der Waals surface area contributed by atoms with Gasteiger partial charge in [0.25, 0.3) is 0 Å². The van der Waals surface area contributed by atoms with Gasteiger partial charge in [-0.05, 0) is 0 Å². The summed E-state index contributed by atoms with van der Waals surface area (Å²) in [6, 6.07) is -1.05. The second kappa shape index (κ2) is 5.38. The van der Waals surface area contributed by atoms with Crippen molar-refractivity contribution in [1.82, 2.24) is 15.1 Å². The molecule has 1 aromatic heterocycles. The Bertz CT molecular complexity index is 443. The number of hydrogen-bond donors (Lipinski definition) is 3. The molecule has 2 amide bonds. The molecule has 100 valence electrons. The van der Waals surface area contributed by atoms with E-state index in [1.54, 1.807) is 5.32 Å². The number of carbonyl (C=O) groups is 2. The Kier molecular flexibility index (Phi) is 4.13. The predicted molar refractivity (Wildman–Crippen MR) is 52.9 cm³/mol. The van der Waals surface area contributed by atoms with Gasteiger partial charge in [-0.1, -0.05) is 0 Å². The van der Waals surface area contributed by atoms with Crippen molar-refractivity contribution in [3.05, 3.63) is 12.4 Å². The lowest BCUT2D eigenvalue weighted by Crippen LogP contribution is -2.36. The fraction of sp³-hybridized carbons (Fsp3) is 0.375. The molecule has 18 heavy (non-hydrogen) atoms. The summed E-state index contributed by atoms with van der Waals surface area (Å²) in [5.41, 5.74) is 0.0934. The molecule has 0 saturated heterocycles. The number of amides is 2. The number of carboxylic acid groups (broad SMARTS) is 1. The quantitative estimate of drug-likeness (QED) is 0.745. The Labute approximate surface area is 98.6 Å². The van der Waals surface area contributed by atoms with Gasteiger partial charge in [-0.2, -0.15) is 18.3 Å². The van der Waals surface area contributed by atoms with Crippen molar-refractivity contribution < 1.29 is 27.9 Å². The lowest BCUT2D eigenvalue weighted by Gasteiger charge is -2.08. The van der Waals surface area contributed by atoms with Gasteiger partial charge in [0.2, 0.25) is 0 Å². The van der Waals surface area contributed by atoms with Gasteiger partial charge < -0.3 is 15.7 Å². The number of aromatic nitrogens is 2. The largest absolute Gasteiger partial charge is 0.480 e. The maximum absolute atomic E-state index is 11.8. The van der Waals surface area contributed by atoms with Crippen molar-refractivity contribution in [2.45, 2.75) is 12.7 Å². The normalized spacial score (nSPS) is 11.1. The van der Waals surface area contributed by atoms with Crippen LogP contribution in [0.4, 0.5) is 23.7 Å². The molecule has 0 radical (unpaired) electrons. The monoisotopic (exact) mass is 266 g/mol. The minimum absolute atomic E-state index is 0.0934. The summed E-state index contributed by atoms with van der Waals surface area (Å²) in [6.07, 6.45) is -2.19. The number of hydrogen-bond acceptors (Lipinski definition) is 3. The third kappa shape index (κ3) is 5.18. The van der Waals surface area contributed by atoms with Crippen molar-refractivity contribution >= 4 is 17.7 Å². The van der Waals surface area contributed by atoms with Crippen LogP contribution in [0.1, 0.15) is 0 Å². The van der Waals surface area contributed by atoms with Crippen LogP contribution in [0.2, 0.25) is 0 Å². The minimum atomic E-state index is -4.50. The number of carboxylic acids is 1. The molecular formula is C8H9F3N4O3. The second-order valence-corrected chi connectivity index (χ2v) is 3.24. The molecule has 0 saturated carbocycles. The smallest absolute Gasteiger partial charge is 0.405 e. The molecule has 0 spiro atoms. The minimum Gasteiger partial charge on any atom is -0.480 e. The molecule has 10 heteroatoms. The van der Waals surface area contributed by atoms with E-state index in [0.29, 0.717) is 0 Å². The SMILES string of the molecule is O=C(O)Cn1cc(NC(=O)NCC(F)(F)F)cn1. The molecule has 0 aromatic carbocycles. The van der Waals surface area contributed by atoms with Gasteiger partial charge >= 0.3 is 18.2 Å². The molecule has 0 bridgehead atoms. The molecule has 1 aromatic rings. The van der Waals surface area contributed by atoms with Crippen LogP contribution in [0.3, 0.4) is 0 Å². The van der Waals surface area contributed by atoms with Crippen molar-refractivity contribution in [1.29, 1.82) is 0 Å². The maximum Gasteiger partial charge on any atom is 0.405 e. The van der Waals surface area contributed by atoms with Crippen LogP contribution in [0.5, 0.6) is 0 Å². The first-order valence-corrected chi connectivity index (χ1v) is 4.62. The summed E-state index contributed by atoms with van der Waals surface area (Å²) in [7, 11) is 0. The molecule has 7 nitrogen and oxygen atoms in total. The number of urea groups is 1. The highest BCUT2D eigenvalue weighted by atomic mass is 19.4. The number of alkyl halides is 3. The van der Waals surface area contributed by atoms with E-state index in [-0.39, 0.29) is 5.69 Å². The third-order valence-corrected chi connectivity index (χ3v) is 1.64. The third-order valence-electron chi connectivity index (χ3n) is 1.64. The number of anilines is 1. The average molecular weight is 266 g/mol. The standard InChI is InChI=1S/C8H9F3N4O3/c9-8(10,11)4-12-7(18)14-5-1-13-15(2-5)3-6(16)17/h1-2H,3-4H2,(H,16,17)(H2,12,14,18). The summed E-state index contributed by atoms with van der Waals surface area (Å²) in [4.78, 5) is 21.3. The van der Waals surface area contributed by atoms with Gasteiger partial charge in [0.05, 0.1) is 11.9 Å². The van der Waals surface area contributed by atoms with Gasteiger partial charge in [0, 0.05) is 6.20 Å². The second-order valence-electron chi connectivity index (χ2n) is 3.24. The number of nitrogens with one attached hydrogen (secondary N) is 2. The first-order chi connectivity index (χ1) is 8.26. The topological polar surface area (TPSA) is 96.2 Å². The van der Waals surface area contributed by atoms with Crippen molar-refractivity contribution in [2.75, 3.05) is 11.9 Å². The predicted octanol–water partition coefficient (Wildman–Crippen LogP) is 0.652. The van der Waals surface area contributed by atoms with Crippen molar-refractivity contribution in [3.63, 3.8) is 0 Å². The summed E-state index contributed by atoms with van der Waals surface area (Å²) in [5, 5.41) is 15.7. The van der Waals surface area contributed by atoms with E-state index in [0.717, 1.165) is 10.9 Å². The number of halogens is 3. The summed E-state index contributed by atoms with van der Waals surface area (Å²) in [6.45, 7) is -1.87. The molecule has 0 fully saturated rings. The van der Waals surface area contributed by atoms with Crippen molar-refractivity contribution in [3.8, 4) is 0 Å². The van der Waals surface area contributed by atoms with Gasteiger partial charge in [-0.3, -0.25) is 9.48 Å². The van der Waals surface area contributed by atoms with Crippen LogP contribution >= 0.6 is 0 Å².